The van der Waals surface area contributed by atoms with Crippen molar-refractivity contribution in [3.63, 3.8) is 0 Å². The van der Waals surface area contributed by atoms with E-state index in [-0.39, 0.29) is 12.5 Å². The molecule has 0 atom stereocenters. The van der Waals surface area contributed by atoms with Crippen molar-refractivity contribution in [3.05, 3.63) is 77.1 Å². The van der Waals surface area contributed by atoms with Gasteiger partial charge in [-0.25, -0.2) is 4.98 Å². The minimum atomic E-state index is -0.269. The van der Waals surface area contributed by atoms with Crippen molar-refractivity contribution in [1.82, 2.24) is 9.97 Å². The van der Waals surface area contributed by atoms with E-state index in [2.05, 4.69) is 4.98 Å². The predicted octanol–water partition coefficient (Wildman–Crippen LogP) is 5.60. The highest BCUT2D eigenvalue weighted by Crippen LogP contribution is 2.34. The Morgan fingerprint density at radius 2 is 2.03 bits per heavy atom. The molecule has 0 spiro atoms. The predicted molar refractivity (Wildman–Crippen MR) is 124 cm³/mol. The zero-order chi connectivity index (χ0) is 21.8. The molecule has 0 unspecified atom stereocenters. The van der Waals surface area contributed by atoms with E-state index in [1.54, 1.807) is 29.3 Å². The van der Waals surface area contributed by atoms with Gasteiger partial charge in [0.15, 0.2) is 5.13 Å². The number of nitrogens with zero attached hydrogens (tertiary/aromatic N) is 3. The summed E-state index contributed by atoms with van der Waals surface area (Å²) >= 11 is 7.59. The van der Waals surface area contributed by atoms with Crippen molar-refractivity contribution in [3.8, 4) is 11.5 Å². The zero-order valence-electron chi connectivity index (χ0n) is 17.0. The highest BCUT2D eigenvalue weighted by Gasteiger charge is 2.25. The Morgan fingerprint density at radius 3 is 2.77 bits per heavy atom. The highest BCUT2D eigenvalue weighted by molar-refractivity contribution is 7.22. The Balaban J connectivity index is 1.78. The maximum atomic E-state index is 13.6. The van der Waals surface area contributed by atoms with Gasteiger partial charge in [0.2, 0.25) is 0 Å². The van der Waals surface area contributed by atoms with E-state index in [4.69, 9.17) is 26.1 Å². The van der Waals surface area contributed by atoms with Crippen molar-refractivity contribution < 1.29 is 14.3 Å². The molecule has 0 saturated carbocycles. The molecular weight excluding hydrogens is 434 g/mol. The lowest BCUT2D eigenvalue weighted by atomic mass is 10.1. The monoisotopic (exact) mass is 453 g/mol. The van der Waals surface area contributed by atoms with E-state index in [1.807, 2.05) is 43.3 Å². The fraction of sp³-hybridized carbons (Fsp3) is 0.174. The molecule has 0 aliphatic heterocycles. The molecule has 1 amide bonds. The normalized spacial score (nSPS) is 10.8. The summed E-state index contributed by atoms with van der Waals surface area (Å²) < 4.78 is 11.9. The lowest BCUT2D eigenvalue weighted by Gasteiger charge is -2.21. The van der Waals surface area contributed by atoms with Crippen LogP contribution in [0.2, 0.25) is 5.02 Å². The van der Waals surface area contributed by atoms with Crippen molar-refractivity contribution in [2.45, 2.75) is 13.5 Å². The van der Waals surface area contributed by atoms with Gasteiger partial charge >= 0.3 is 0 Å². The zero-order valence-corrected chi connectivity index (χ0v) is 18.6. The highest BCUT2D eigenvalue weighted by atomic mass is 35.5. The molecule has 0 saturated heterocycles. The first-order valence-corrected chi connectivity index (χ1v) is 10.9. The van der Waals surface area contributed by atoms with E-state index >= 15 is 0 Å². The first-order chi connectivity index (χ1) is 15.1. The quantitative estimate of drug-likeness (QED) is 0.364. The second-order valence-corrected chi connectivity index (χ2v) is 8.06. The molecule has 0 bridgehead atoms. The van der Waals surface area contributed by atoms with E-state index in [0.717, 1.165) is 21.7 Å². The van der Waals surface area contributed by atoms with Crippen LogP contribution >= 0.6 is 22.9 Å². The van der Waals surface area contributed by atoms with Crippen LogP contribution < -0.4 is 14.4 Å². The van der Waals surface area contributed by atoms with Gasteiger partial charge < -0.3 is 9.47 Å². The number of fused-ring (bicyclic) bond motifs is 1. The van der Waals surface area contributed by atoms with E-state index in [0.29, 0.717) is 28.1 Å². The van der Waals surface area contributed by atoms with Crippen LogP contribution in [0.3, 0.4) is 0 Å². The van der Waals surface area contributed by atoms with Gasteiger partial charge in [-0.2, -0.15) is 0 Å². The molecule has 31 heavy (non-hydrogen) atoms. The number of hydrogen-bond donors (Lipinski definition) is 0. The molecule has 0 radical (unpaired) electrons. The first kappa shape index (κ1) is 21.1. The SMILES string of the molecule is CCOc1ccc2nc(N(Cc3ccccn3)C(=O)c3cc(Cl)ccc3OC)sc2c1. The maximum Gasteiger partial charge on any atom is 0.264 e. The van der Waals surface area contributed by atoms with Crippen LogP contribution in [0.5, 0.6) is 11.5 Å². The number of thiazole rings is 1. The number of hydrogen-bond acceptors (Lipinski definition) is 6. The number of rotatable bonds is 7. The fourth-order valence-corrected chi connectivity index (χ4v) is 4.30. The lowest BCUT2D eigenvalue weighted by molar-refractivity contribution is 0.0982. The average Bonchev–Trinajstić information content (AvgIpc) is 3.21. The molecule has 0 aliphatic carbocycles. The smallest absolute Gasteiger partial charge is 0.264 e. The molecule has 8 heteroatoms. The molecule has 2 heterocycles. The molecule has 4 aromatic rings. The van der Waals surface area contributed by atoms with Crippen LogP contribution in [0.4, 0.5) is 5.13 Å². The molecule has 0 fully saturated rings. The summed E-state index contributed by atoms with van der Waals surface area (Å²) in [4.78, 5) is 24.3. The summed E-state index contributed by atoms with van der Waals surface area (Å²) in [5.74, 6) is 0.943. The molecular formula is C23H20ClN3O3S. The Morgan fingerprint density at radius 1 is 1.16 bits per heavy atom. The lowest BCUT2D eigenvalue weighted by Crippen LogP contribution is -2.31. The van der Waals surface area contributed by atoms with Crippen LogP contribution in [0.15, 0.2) is 60.8 Å². The molecule has 4 rings (SSSR count). The Bertz CT molecular complexity index is 1210. The first-order valence-electron chi connectivity index (χ1n) is 9.67. The fourth-order valence-electron chi connectivity index (χ4n) is 3.14. The number of methoxy groups -OCH3 is 1. The van der Waals surface area contributed by atoms with Gasteiger partial charge in [-0.1, -0.05) is 29.0 Å². The van der Waals surface area contributed by atoms with Crippen molar-refractivity contribution in [2.75, 3.05) is 18.6 Å². The average molecular weight is 454 g/mol. The van der Waals surface area contributed by atoms with Gasteiger partial charge in [0.1, 0.15) is 11.5 Å². The standard InChI is InChI=1S/C23H20ClN3O3S/c1-3-30-17-8-9-19-21(13-17)31-23(26-19)27(14-16-6-4-5-11-25-16)22(28)18-12-15(24)7-10-20(18)29-2/h4-13H,3,14H2,1-2H3. The van der Waals surface area contributed by atoms with Gasteiger partial charge in [0.05, 0.1) is 41.7 Å². The number of anilines is 1. The van der Waals surface area contributed by atoms with Gasteiger partial charge in [-0.05, 0) is 55.5 Å². The number of aromatic nitrogens is 2. The van der Waals surface area contributed by atoms with Crippen LogP contribution in [0.1, 0.15) is 23.0 Å². The Kier molecular flexibility index (Phi) is 6.34. The number of pyridine rings is 1. The van der Waals surface area contributed by atoms with Gasteiger partial charge in [0, 0.05) is 11.2 Å². The van der Waals surface area contributed by atoms with Gasteiger partial charge in [-0.3, -0.25) is 14.7 Å². The van der Waals surface area contributed by atoms with Crippen molar-refractivity contribution in [1.29, 1.82) is 0 Å². The molecule has 2 aromatic heterocycles. The van der Waals surface area contributed by atoms with E-state index in [9.17, 15) is 4.79 Å². The Hall–Kier alpha value is -3.16. The summed E-state index contributed by atoms with van der Waals surface area (Å²) in [5.41, 5.74) is 1.90. The number of halogens is 1. The van der Waals surface area contributed by atoms with Crippen molar-refractivity contribution >= 4 is 44.2 Å². The van der Waals surface area contributed by atoms with Crippen LogP contribution in [-0.2, 0) is 6.54 Å². The van der Waals surface area contributed by atoms with Crippen LogP contribution in [0, 0.1) is 0 Å². The number of carbonyl (C=O) groups is 1. The Labute approximate surface area is 189 Å². The topological polar surface area (TPSA) is 64.5 Å². The minimum absolute atomic E-state index is 0.257. The summed E-state index contributed by atoms with van der Waals surface area (Å²) in [5, 5.41) is 1.01. The summed E-state index contributed by atoms with van der Waals surface area (Å²) in [6.45, 7) is 2.78. The third-order valence-corrected chi connectivity index (χ3v) is 5.85. The number of amides is 1. The summed E-state index contributed by atoms with van der Waals surface area (Å²) in [7, 11) is 1.52. The summed E-state index contributed by atoms with van der Waals surface area (Å²) in [6, 6.07) is 16.3. The minimum Gasteiger partial charge on any atom is -0.496 e. The molecule has 158 valence electrons. The largest absolute Gasteiger partial charge is 0.496 e. The van der Waals surface area contributed by atoms with Crippen LogP contribution in [0.25, 0.3) is 10.2 Å². The van der Waals surface area contributed by atoms with Crippen molar-refractivity contribution in [2.24, 2.45) is 0 Å². The third-order valence-electron chi connectivity index (χ3n) is 4.57. The van der Waals surface area contributed by atoms with Crippen LogP contribution in [-0.4, -0.2) is 29.6 Å². The third kappa shape index (κ3) is 4.62. The summed E-state index contributed by atoms with van der Waals surface area (Å²) in [6.07, 6.45) is 1.70. The van der Waals surface area contributed by atoms with E-state index < -0.39 is 0 Å². The number of benzene rings is 2. The second kappa shape index (κ2) is 9.32. The molecule has 6 nitrogen and oxygen atoms in total. The molecule has 2 aromatic carbocycles. The maximum absolute atomic E-state index is 13.6. The van der Waals surface area contributed by atoms with E-state index in [1.165, 1.54) is 18.4 Å². The van der Waals surface area contributed by atoms with Gasteiger partial charge in [0.25, 0.3) is 5.91 Å². The second-order valence-electron chi connectivity index (χ2n) is 6.62. The number of carbonyl (C=O) groups excluding carboxylic acids is 1. The number of ether oxygens (including phenoxy) is 2. The molecule has 0 N–H and O–H groups in total. The molecule has 0 aliphatic rings. The van der Waals surface area contributed by atoms with Gasteiger partial charge in [-0.15, -0.1) is 0 Å².